The molecule has 1 aromatic heterocycles. The lowest BCUT2D eigenvalue weighted by atomic mass is 9.84. The Morgan fingerprint density at radius 2 is 1.58 bits per heavy atom. The van der Waals surface area contributed by atoms with Gasteiger partial charge in [-0.15, -0.1) is 10.2 Å². The Morgan fingerprint density at radius 1 is 0.917 bits per heavy atom. The van der Waals surface area contributed by atoms with Gasteiger partial charge in [-0.25, -0.2) is 9.18 Å². The molecule has 0 bridgehead atoms. The Kier molecular flexibility index (Phi) is 10.5. The summed E-state index contributed by atoms with van der Waals surface area (Å²) < 4.78 is 30.2. The van der Waals surface area contributed by atoms with E-state index in [4.69, 9.17) is 13.9 Å². The number of para-hydroxylation sites is 1. The highest BCUT2D eigenvalue weighted by molar-refractivity contribution is 5.98. The van der Waals surface area contributed by atoms with Gasteiger partial charge >= 0.3 is 6.09 Å². The van der Waals surface area contributed by atoms with Crippen molar-refractivity contribution in [3.63, 3.8) is 0 Å². The molecule has 4 aromatic carbocycles. The second-order valence-corrected chi connectivity index (χ2v) is 11.5. The third kappa shape index (κ3) is 7.93. The number of rotatable bonds is 11. The van der Waals surface area contributed by atoms with E-state index >= 15 is 0 Å². The molecule has 2 heterocycles. The van der Waals surface area contributed by atoms with E-state index in [1.54, 1.807) is 12.1 Å². The van der Waals surface area contributed by atoms with Crippen LogP contribution in [0.5, 0.6) is 0 Å². The molecule has 0 radical (unpaired) electrons. The van der Waals surface area contributed by atoms with Crippen molar-refractivity contribution < 1.29 is 27.9 Å². The van der Waals surface area contributed by atoms with Gasteiger partial charge in [-0.3, -0.25) is 4.79 Å². The minimum absolute atomic E-state index is 0.0845. The zero-order chi connectivity index (χ0) is 33.3. The molecule has 0 aliphatic carbocycles. The predicted octanol–water partition coefficient (Wildman–Crippen LogP) is 6.03. The van der Waals surface area contributed by atoms with Gasteiger partial charge < -0.3 is 29.8 Å². The van der Waals surface area contributed by atoms with Crippen LogP contribution in [-0.2, 0) is 20.7 Å². The van der Waals surface area contributed by atoms with Crippen molar-refractivity contribution in [2.45, 2.75) is 36.9 Å². The number of carbonyl (C=O) groups excluding carboxylic acids is 2. The molecule has 1 aliphatic heterocycles. The Hall–Kier alpha value is -5.39. The Morgan fingerprint density at radius 3 is 2.23 bits per heavy atom. The van der Waals surface area contributed by atoms with Crippen LogP contribution in [-0.4, -0.2) is 54.6 Å². The van der Waals surface area contributed by atoms with Gasteiger partial charge in [0.2, 0.25) is 17.7 Å². The third-order valence-electron chi connectivity index (χ3n) is 8.32. The van der Waals surface area contributed by atoms with E-state index in [0.29, 0.717) is 49.0 Å². The van der Waals surface area contributed by atoms with Crippen LogP contribution in [0.3, 0.4) is 0 Å². The molecule has 1 saturated heterocycles. The van der Waals surface area contributed by atoms with Gasteiger partial charge in [0.25, 0.3) is 0 Å². The van der Waals surface area contributed by atoms with Crippen LogP contribution >= 0.6 is 0 Å². The van der Waals surface area contributed by atoms with Crippen molar-refractivity contribution in [1.29, 1.82) is 0 Å². The number of ether oxygens (including phenoxy) is 2. The molecule has 5 aromatic rings. The van der Waals surface area contributed by atoms with Gasteiger partial charge in [0.1, 0.15) is 17.9 Å². The fraction of sp³-hybridized carbons (Fsp3) is 0.243. The molecular weight excluding hydrogens is 613 g/mol. The maximum Gasteiger partial charge on any atom is 0.407 e. The number of morpholine rings is 1. The molecule has 3 N–H and O–H groups in total. The molecule has 11 heteroatoms. The fourth-order valence-corrected chi connectivity index (χ4v) is 5.82. The zero-order valence-corrected chi connectivity index (χ0v) is 26.3. The van der Waals surface area contributed by atoms with Crippen molar-refractivity contribution in [1.82, 2.24) is 20.8 Å². The van der Waals surface area contributed by atoms with E-state index in [1.165, 1.54) is 19.2 Å². The number of methoxy groups -OCH3 is 1. The number of aromatic nitrogens is 2. The molecular formula is C37H36FN5O5. The number of aryl methyl sites for hydroxylation is 1. The largest absolute Gasteiger partial charge is 0.453 e. The highest BCUT2D eigenvalue weighted by Crippen LogP contribution is 2.30. The summed E-state index contributed by atoms with van der Waals surface area (Å²) in [4.78, 5) is 26.6. The monoisotopic (exact) mass is 649 g/mol. The standard InChI is InChI=1S/C37H36FN5O5/c1-46-37(45)41-33(32(25-11-4-2-5-12-25)26-13-6-3-7-14-26)34(44)40-30-15-9-8-10-24(30)18-21-29-22-39-31(23-47-29)36-43-42-35(48-36)27-16-19-28(38)20-17-27/h2-17,19-20,29,31-33,39H,18,21-23H2,1H3,(H,40,44)(H,41,45)/t29-,31+,33?/m1/s1. The minimum atomic E-state index is -0.966. The molecule has 0 saturated carbocycles. The quantitative estimate of drug-likeness (QED) is 0.158. The number of anilines is 1. The second kappa shape index (κ2) is 15.5. The van der Waals surface area contributed by atoms with Crippen molar-refractivity contribution >= 4 is 17.7 Å². The first kappa shape index (κ1) is 32.5. The molecule has 2 amide bonds. The lowest BCUT2D eigenvalue weighted by Crippen LogP contribution is -2.48. The first-order chi connectivity index (χ1) is 23.5. The van der Waals surface area contributed by atoms with Gasteiger partial charge in [0, 0.05) is 23.7 Å². The van der Waals surface area contributed by atoms with Gasteiger partial charge in [0.05, 0.1) is 19.8 Å². The van der Waals surface area contributed by atoms with Gasteiger partial charge in [-0.05, 0) is 59.9 Å². The summed E-state index contributed by atoms with van der Waals surface area (Å²) in [6.45, 7) is 0.906. The zero-order valence-electron chi connectivity index (χ0n) is 26.3. The number of nitrogens with zero attached hydrogens (tertiary/aromatic N) is 2. The van der Waals surface area contributed by atoms with Crippen molar-refractivity contribution in [2.75, 3.05) is 25.6 Å². The molecule has 3 atom stereocenters. The van der Waals surface area contributed by atoms with Crippen LogP contribution in [0.2, 0.25) is 0 Å². The fourth-order valence-electron chi connectivity index (χ4n) is 5.82. The van der Waals surface area contributed by atoms with E-state index in [-0.39, 0.29) is 23.9 Å². The van der Waals surface area contributed by atoms with E-state index in [2.05, 4.69) is 26.1 Å². The maximum absolute atomic E-state index is 14.0. The minimum Gasteiger partial charge on any atom is -0.453 e. The average Bonchev–Trinajstić information content (AvgIpc) is 3.63. The summed E-state index contributed by atoms with van der Waals surface area (Å²) >= 11 is 0. The summed E-state index contributed by atoms with van der Waals surface area (Å²) in [5.41, 5.74) is 3.98. The van der Waals surface area contributed by atoms with E-state index in [0.717, 1.165) is 16.7 Å². The lowest BCUT2D eigenvalue weighted by molar-refractivity contribution is -0.118. The molecule has 10 nitrogen and oxygen atoms in total. The van der Waals surface area contributed by atoms with Crippen LogP contribution in [0.15, 0.2) is 114 Å². The highest BCUT2D eigenvalue weighted by atomic mass is 19.1. The summed E-state index contributed by atoms with van der Waals surface area (Å²) in [5, 5.41) is 17.5. The molecule has 1 unspecified atom stereocenters. The summed E-state index contributed by atoms with van der Waals surface area (Å²) in [5.74, 6) is -0.463. The molecule has 48 heavy (non-hydrogen) atoms. The van der Waals surface area contributed by atoms with Crippen molar-refractivity contribution in [2.24, 2.45) is 0 Å². The molecule has 246 valence electrons. The number of alkyl carbamates (subject to hydrolysis) is 1. The number of nitrogens with one attached hydrogen (secondary N) is 3. The van der Waals surface area contributed by atoms with Crippen molar-refractivity contribution in [3.8, 4) is 11.5 Å². The summed E-state index contributed by atoms with van der Waals surface area (Å²) in [6.07, 6.45) is 0.544. The number of carbonyl (C=O) groups is 2. The predicted molar refractivity (Wildman–Crippen MR) is 178 cm³/mol. The Balaban J connectivity index is 1.11. The van der Waals surface area contributed by atoms with Gasteiger partial charge in [0.15, 0.2) is 0 Å². The second-order valence-electron chi connectivity index (χ2n) is 11.5. The number of hydrogen-bond acceptors (Lipinski definition) is 8. The van der Waals surface area contributed by atoms with Gasteiger partial charge in [-0.1, -0.05) is 78.9 Å². The first-order valence-electron chi connectivity index (χ1n) is 15.8. The number of hydrogen-bond donors (Lipinski definition) is 3. The summed E-state index contributed by atoms with van der Waals surface area (Å²) in [6, 6.07) is 31.5. The molecule has 1 fully saturated rings. The third-order valence-corrected chi connectivity index (χ3v) is 8.32. The van der Waals surface area contributed by atoms with Crippen LogP contribution in [0.25, 0.3) is 11.5 Å². The SMILES string of the molecule is COC(=O)NC(C(=O)Nc1ccccc1CC[C@@H]1CN[C@H](c2nnc(-c3ccc(F)cc3)o2)CO1)C(c1ccccc1)c1ccccc1. The number of benzene rings is 4. The topological polar surface area (TPSA) is 128 Å². The molecule has 6 rings (SSSR count). The Bertz CT molecular complexity index is 1750. The Labute approximate surface area is 277 Å². The van der Waals surface area contributed by atoms with E-state index in [9.17, 15) is 14.0 Å². The van der Waals surface area contributed by atoms with Crippen molar-refractivity contribution in [3.05, 3.63) is 138 Å². The van der Waals surface area contributed by atoms with E-state index in [1.807, 2.05) is 84.9 Å². The lowest BCUT2D eigenvalue weighted by Gasteiger charge is -2.29. The van der Waals surface area contributed by atoms with Crippen LogP contribution < -0.4 is 16.0 Å². The normalized spacial score (nSPS) is 16.6. The number of halogens is 1. The van der Waals surface area contributed by atoms with Gasteiger partial charge in [-0.2, -0.15) is 0 Å². The molecule has 1 aliphatic rings. The van der Waals surface area contributed by atoms with Crippen LogP contribution in [0, 0.1) is 5.82 Å². The summed E-state index contributed by atoms with van der Waals surface area (Å²) in [7, 11) is 1.28. The van der Waals surface area contributed by atoms with Crippen LogP contribution in [0.4, 0.5) is 14.9 Å². The number of amides is 2. The first-order valence-corrected chi connectivity index (χ1v) is 15.8. The van der Waals surface area contributed by atoms with E-state index < -0.39 is 18.1 Å². The maximum atomic E-state index is 14.0. The highest BCUT2D eigenvalue weighted by Gasteiger charge is 2.33. The van der Waals surface area contributed by atoms with Crippen LogP contribution in [0.1, 0.15) is 41.0 Å². The molecule has 0 spiro atoms. The smallest absolute Gasteiger partial charge is 0.407 e. The average molecular weight is 650 g/mol.